The maximum atomic E-state index is 13.4. The highest BCUT2D eigenvalue weighted by molar-refractivity contribution is 7.16. The van der Waals surface area contributed by atoms with Crippen LogP contribution in [0.3, 0.4) is 0 Å². The Morgan fingerprint density at radius 2 is 1.61 bits per heavy atom. The number of aryl methyl sites for hydroxylation is 1. The number of thiazole rings is 1. The minimum Gasteiger partial charge on any atom is -0.497 e. The molecule has 0 bridgehead atoms. The van der Waals surface area contributed by atoms with E-state index in [9.17, 15) is 4.79 Å². The number of ether oxygens (including phenoxy) is 1. The van der Waals surface area contributed by atoms with Crippen molar-refractivity contribution in [2.75, 3.05) is 12.4 Å². The summed E-state index contributed by atoms with van der Waals surface area (Å²) in [5.41, 5.74) is 4.89. The lowest BCUT2D eigenvalue weighted by atomic mass is 10.0. The smallest absolute Gasteiger partial charge is 0.258 e. The number of nitrogens with one attached hydrogen (secondary N) is 1. The lowest BCUT2D eigenvalue weighted by molar-refractivity contribution is 0.102. The number of anilines is 1. The molecule has 0 spiro atoms. The molecule has 0 fully saturated rings. The van der Waals surface area contributed by atoms with Gasteiger partial charge in [0.05, 0.1) is 29.6 Å². The molecule has 0 aliphatic rings. The SMILES string of the molecule is COc1ccc(-c2nc(NC(=O)c3cc(-c4ccccc4)nc4ccccc34)sc2C)cc1. The van der Waals surface area contributed by atoms with E-state index in [1.54, 1.807) is 7.11 Å². The topological polar surface area (TPSA) is 64.1 Å². The highest BCUT2D eigenvalue weighted by Gasteiger charge is 2.17. The van der Waals surface area contributed by atoms with Gasteiger partial charge in [0.2, 0.25) is 0 Å². The van der Waals surface area contributed by atoms with Crippen LogP contribution in [-0.4, -0.2) is 23.0 Å². The number of aromatic nitrogens is 2. The Kier molecular flexibility index (Phi) is 5.59. The molecule has 5 nitrogen and oxygen atoms in total. The molecule has 1 N–H and O–H groups in total. The van der Waals surface area contributed by atoms with Crippen molar-refractivity contribution >= 4 is 33.3 Å². The quantitative estimate of drug-likeness (QED) is 0.327. The first-order valence-corrected chi connectivity index (χ1v) is 11.3. The molecule has 0 unspecified atom stereocenters. The molecule has 5 rings (SSSR count). The molecule has 3 aromatic carbocycles. The zero-order valence-electron chi connectivity index (χ0n) is 18.2. The summed E-state index contributed by atoms with van der Waals surface area (Å²) >= 11 is 1.46. The average Bonchev–Trinajstić information content (AvgIpc) is 3.23. The molecule has 162 valence electrons. The van der Waals surface area contributed by atoms with Gasteiger partial charge in [-0.2, -0.15) is 0 Å². The summed E-state index contributed by atoms with van der Waals surface area (Å²) in [7, 11) is 1.64. The third-order valence-electron chi connectivity index (χ3n) is 5.41. The van der Waals surface area contributed by atoms with E-state index in [0.29, 0.717) is 10.7 Å². The van der Waals surface area contributed by atoms with Crippen LogP contribution in [0.15, 0.2) is 84.9 Å². The minimum atomic E-state index is -0.208. The van der Waals surface area contributed by atoms with Gasteiger partial charge in [0.15, 0.2) is 5.13 Å². The Hall–Kier alpha value is -4.03. The molecular weight excluding hydrogens is 430 g/mol. The van der Waals surface area contributed by atoms with Gasteiger partial charge < -0.3 is 4.74 Å². The summed E-state index contributed by atoms with van der Waals surface area (Å²) in [4.78, 5) is 23.8. The van der Waals surface area contributed by atoms with Crippen molar-refractivity contribution in [1.82, 2.24) is 9.97 Å². The van der Waals surface area contributed by atoms with Gasteiger partial charge in [-0.05, 0) is 43.3 Å². The van der Waals surface area contributed by atoms with Gasteiger partial charge in [-0.25, -0.2) is 9.97 Å². The molecule has 0 radical (unpaired) electrons. The fraction of sp³-hybridized carbons (Fsp3) is 0.0741. The van der Waals surface area contributed by atoms with E-state index >= 15 is 0 Å². The Balaban J connectivity index is 1.49. The molecule has 33 heavy (non-hydrogen) atoms. The van der Waals surface area contributed by atoms with Crippen LogP contribution in [0, 0.1) is 6.92 Å². The van der Waals surface area contributed by atoms with E-state index in [4.69, 9.17) is 14.7 Å². The largest absolute Gasteiger partial charge is 0.497 e. The van der Waals surface area contributed by atoms with E-state index < -0.39 is 0 Å². The summed E-state index contributed by atoms with van der Waals surface area (Å²) in [6.45, 7) is 2.00. The molecule has 2 heterocycles. The molecule has 0 saturated carbocycles. The van der Waals surface area contributed by atoms with Crippen LogP contribution in [-0.2, 0) is 0 Å². The van der Waals surface area contributed by atoms with Gasteiger partial charge in [-0.15, -0.1) is 11.3 Å². The Morgan fingerprint density at radius 3 is 2.36 bits per heavy atom. The number of hydrogen-bond acceptors (Lipinski definition) is 5. The Morgan fingerprint density at radius 1 is 0.879 bits per heavy atom. The number of nitrogens with zero attached hydrogens (tertiary/aromatic N) is 2. The van der Waals surface area contributed by atoms with Gasteiger partial charge in [0, 0.05) is 21.4 Å². The van der Waals surface area contributed by atoms with Gasteiger partial charge in [0.1, 0.15) is 5.75 Å². The van der Waals surface area contributed by atoms with Crippen LogP contribution in [0.5, 0.6) is 5.75 Å². The van der Waals surface area contributed by atoms with Crippen LogP contribution in [0.25, 0.3) is 33.4 Å². The van der Waals surface area contributed by atoms with Crippen LogP contribution in [0.2, 0.25) is 0 Å². The van der Waals surface area contributed by atoms with Gasteiger partial charge in [0.25, 0.3) is 5.91 Å². The van der Waals surface area contributed by atoms with Crippen molar-refractivity contribution in [2.24, 2.45) is 0 Å². The summed E-state index contributed by atoms with van der Waals surface area (Å²) in [6, 6.07) is 27.1. The van der Waals surface area contributed by atoms with Crippen LogP contribution in [0.4, 0.5) is 5.13 Å². The minimum absolute atomic E-state index is 0.208. The van der Waals surface area contributed by atoms with Crippen molar-refractivity contribution in [2.45, 2.75) is 6.92 Å². The van der Waals surface area contributed by atoms with Crippen molar-refractivity contribution in [3.8, 4) is 28.3 Å². The molecule has 0 atom stereocenters. The fourth-order valence-electron chi connectivity index (χ4n) is 3.75. The third kappa shape index (κ3) is 4.21. The molecule has 1 amide bonds. The van der Waals surface area contributed by atoms with Gasteiger partial charge in [-0.1, -0.05) is 48.5 Å². The summed E-state index contributed by atoms with van der Waals surface area (Å²) < 4.78 is 5.24. The number of benzene rings is 3. The zero-order chi connectivity index (χ0) is 22.8. The maximum Gasteiger partial charge on any atom is 0.258 e. The predicted octanol–water partition coefficient (Wildman–Crippen LogP) is 6.59. The summed E-state index contributed by atoms with van der Waals surface area (Å²) in [5, 5.41) is 4.36. The number of para-hydroxylation sites is 1. The molecule has 0 aliphatic heterocycles. The average molecular weight is 452 g/mol. The normalized spacial score (nSPS) is 10.8. The standard InChI is InChI=1S/C27H21N3O2S/c1-17-25(19-12-14-20(32-2)15-13-19)29-27(33-17)30-26(31)22-16-24(18-8-4-3-5-9-18)28-23-11-7-6-10-21(22)23/h3-16H,1-2H3,(H,29,30,31). The molecular formula is C27H21N3O2S. The number of fused-ring (bicyclic) bond motifs is 1. The fourth-order valence-corrected chi connectivity index (χ4v) is 4.58. The second-order valence-electron chi connectivity index (χ2n) is 7.54. The number of methoxy groups -OCH3 is 1. The number of amides is 1. The highest BCUT2D eigenvalue weighted by Crippen LogP contribution is 2.32. The number of carbonyl (C=O) groups is 1. The number of rotatable bonds is 5. The first kappa shape index (κ1) is 20.8. The van der Waals surface area contributed by atoms with Crippen molar-refractivity contribution in [3.63, 3.8) is 0 Å². The van der Waals surface area contributed by atoms with Crippen LogP contribution >= 0.6 is 11.3 Å². The molecule has 5 aromatic rings. The Labute approximate surface area is 195 Å². The monoisotopic (exact) mass is 451 g/mol. The van der Waals surface area contributed by atoms with E-state index in [1.165, 1.54) is 11.3 Å². The van der Waals surface area contributed by atoms with Crippen LogP contribution < -0.4 is 10.1 Å². The number of hydrogen-bond donors (Lipinski definition) is 1. The van der Waals surface area contributed by atoms with Gasteiger partial charge >= 0.3 is 0 Å². The van der Waals surface area contributed by atoms with Crippen molar-refractivity contribution in [1.29, 1.82) is 0 Å². The summed E-state index contributed by atoms with van der Waals surface area (Å²) in [6.07, 6.45) is 0. The maximum absolute atomic E-state index is 13.4. The summed E-state index contributed by atoms with van der Waals surface area (Å²) in [5.74, 6) is 0.583. The molecule has 0 aliphatic carbocycles. The molecule has 0 saturated heterocycles. The second kappa shape index (κ2) is 8.84. The van der Waals surface area contributed by atoms with Crippen molar-refractivity contribution < 1.29 is 9.53 Å². The number of pyridine rings is 1. The van der Waals surface area contributed by atoms with E-state index in [2.05, 4.69) is 5.32 Å². The Bertz CT molecular complexity index is 1440. The number of carbonyl (C=O) groups excluding carboxylic acids is 1. The second-order valence-corrected chi connectivity index (χ2v) is 8.75. The molecule has 2 aromatic heterocycles. The first-order chi connectivity index (χ1) is 16.1. The van der Waals surface area contributed by atoms with Crippen LogP contribution in [0.1, 0.15) is 15.2 Å². The molecule has 6 heteroatoms. The van der Waals surface area contributed by atoms with Crippen molar-refractivity contribution in [3.05, 3.63) is 95.4 Å². The predicted molar refractivity (Wildman–Crippen MR) is 134 cm³/mol. The van der Waals surface area contributed by atoms with E-state index in [1.807, 2.05) is 91.9 Å². The zero-order valence-corrected chi connectivity index (χ0v) is 19.0. The van der Waals surface area contributed by atoms with E-state index in [-0.39, 0.29) is 5.91 Å². The van der Waals surface area contributed by atoms with E-state index in [0.717, 1.165) is 44.0 Å². The highest BCUT2D eigenvalue weighted by atomic mass is 32.1. The third-order valence-corrected chi connectivity index (χ3v) is 6.30. The first-order valence-electron chi connectivity index (χ1n) is 10.5. The van der Waals surface area contributed by atoms with Gasteiger partial charge in [-0.3, -0.25) is 10.1 Å². The lowest BCUT2D eigenvalue weighted by Gasteiger charge is -2.09. The lowest BCUT2D eigenvalue weighted by Crippen LogP contribution is -2.13.